The molecule has 4 N–H and O–H groups in total. The summed E-state index contributed by atoms with van der Waals surface area (Å²) in [5.41, 5.74) is 10.2. The second-order valence-electron chi connectivity index (χ2n) is 6.06. The molecule has 5 heteroatoms. The van der Waals surface area contributed by atoms with E-state index in [4.69, 9.17) is 11.5 Å². The predicted octanol–water partition coefficient (Wildman–Crippen LogP) is -0.147. The van der Waals surface area contributed by atoms with Crippen molar-refractivity contribution in [3.63, 3.8) is 0 Å². The van der Waals surface area contributed by atoms with Crippen molar-refractivity contribution >= 4 is 5.91 Å². The van der Waals surface area contributed by atoms with Gasteiger partial charge in [0.05, 0.1) is 5.54 Å². The highest BCUT2D eigenvalue weighted by Gasteiger charge is 2.25. The van der Waals surface area contributed by atoms with Gasteiger partial charge in [-0.15, -0.1) is 0 Å². The average Bonchev–Trinajstić information content (AvgIpc) is 2.63. The molecular weight excluding hydrogens is 228 g/mol. The molecule has 1 aliphatic heterocycles. The fourth-order valence-corrected chi connectivity index (χ4v) is 2.55. The zero-order chi connectivity index (χ0) is 13.8. The van der Waals surface area contributed by atoms with E-state index in [1.54, 1.807) is 6.92 Å². The third-order valence-electron chi connectivity index (χ3n) is 3.86. The van der Waals surface area contributed by atoms with E-state index in [1.807, 2.05) is 0 Å². The average molecular weight is 256 g/mol. The van der Waals surface area contributed by atoms with E-state index < -0.39 is 11.4 Å². The van der Waals surface area contributed by atoms with Crippen molar-refractivity contribution < 1.29 is 4.79 Å². The van der Waals surface area contributed by atoms with Crippen LogP contribution in [0.2, 0.25) is 0 Å². The van der Waals surface area contributed by atoms with Gasteiger partial charge in [0.15, 0.2) is 0 Å². The molecular formula is C13H28N4O. The zero-order valence-corrected chi connectivity index (χ0v) is 12.0. The number of primary amides is 1. The first-order valence-corrected chi connectivity index (χ1v) is 6.77. The zero-order valence-electron chi connectivity index (χ0n) is 12.0. The van der Waals surface area contributed by atoms with Crippen molar-refractivity contribution in [2.75, 3.05) is 40.3 Å². The molecule has 5 nitrogen and oxygen atoms in total. The van der Waals surface area contributed by atoms with E-state index in [-0.39, 0.29) is 0 Å². The van der Waals surface area contributed by atoms with Crippen molar-refractivity contribution in [2.45, 2.75) is 31.7 Å². The van der Waals surface area contributed by atoms with Crippen LogP contribution in [0.25, 0.3) is 0 Å². The van der Waals surface area contributed by atoms with E-state index in [2.05, 4.69) is 23.9 Å². The van der Waals surface area contributed by atoms with Gasteiger partial charge in [0, 0.05) is 13.1 Å². The molecule has 1 saturated heterocycles. The van der Waals surface area contributed by atoms with Crippen LogP contribution in [0, 0.1) is 5.92 Å². The Balaban J connectivity index is 2.17. The van der Waals surface area contributed by atoms with Gasteiger partial charge in [-0.2, -0.15) is 0 Å². The Hall–Kier alpha value is -0.650. The lowest BCUT2D eigenvalue weighted by molar-refractivity contribution is -0.122. The van der Waals surface area contributed by atoms with Crippen LogP contribution in [0.5, 0.6) is 0 Å². The SMILES string of the molecule is CN(CCCC(C)(N)C(N)=O)CC1CCN(C)C1. The topological polar surface area (TPSA) is 75.6 Å². The smallest absolute Gasteiger partial charge is 0.237 e. The monoisotopic (exact) mass is 256 g/mol. The van der Waals surface area contributed by atoms with E-state index in [9.17, 15) is 4.79 Å². The maximum Gasteiger partial charge on any atom is 0.237 e. The van der Waals surface area contributed by atoms with E-state index in [1.165, 1.54) is 19.5 Å². The van der Waals surface area contributed by atoms with Crippen LogP contribution in [-0.4, -0.2) is 61.5 Å². The predicted molar refractivity (Wildman–Crippen MR) is 74.1 cm³/mol. The minimum Gasteiger partial charge on any atom is -0.368 e. The summed E-state index contributed by atoms with van der Waals surface area (Å²) >= 11 is 0. The lowest BCUT2D eigenvalue weighted by Crippen LogP contribution is -2.49. The molecule has 0 spiro atoms. The Labute approximate surface area is 110 Å². The summed E-state index contributed by atoms with van der Waals surface area (Å²) in [6, 6.07) is 0. The highest BCUT2D eigenvalue weighted by molar-refractivity contribution is 5.83. The van der Waals surface area contributed by atoms with Crippen molar-refractivity contribution in [3.05, 3.63) is 0 Å². The van der Waals surface area contributed by atoms with Crippen molar-refractivity contribution in [1.29, 1.82) is 0 Å². The Bertz CT molecular complexity index is 280. The van der Waals surface area contributed by atoms with Crippen LogP contribution in [0.15, 0.2) is 0 Å². The number of likely N-dealkylation sites (tertiary alicyclic amines) is 1. The van der Waals surface area contributed by atoms with E-state index in [0.717, 1.165) is 25.4 Å². The molecule has 2 atom stereocenters. The molecule has 1 heterocycles. The summed E-state index contributed by atoms with van der Waals surface area (Å²) in [5.74, 6) is 0.364. The van der Waals surface area contributed by atoms with Crippen LogP contribution in [0.3, 0.4) is 0 Å². The summed E-state index contributed by atoms with van der Waals surface area (Å²) in [7, 11) is 4.31. The molecule has 0 aliphatic carbocycles. The van der Waals surface area contributed by atoms with Gasteiger partial charge in [-0.25, -0.2) is 0 Å². The minimum atomic E-state index is -0.867. The van der Waals surface area contributed by atoms with Crippen molar-refractivity contribution in [1.82, 2.24) is 9.80 Å². The second kappa shape index (κ2) is 6.50. The van der Waals surface area contributed by atoms with Crippen LogP contribution in [0.1, 0.15) is 26.2 Å². The number of nitrogens with two attached hydrogens (primary N) is 2. The quantitative estimate of drug-likeness (QED) is 0.664. The van der Waals surface area contributed by atoms with E-state index in [0.29, 0.717) is 6.42 Å². The number of amides is 1. The number of hydrogen-bond donors (Lipinski definition) is 2. The minimum absolute atomic E-state index is 0.414. The van der Waals surface area contributed by atoms with Gasteiger partial charge in [-0.05, 0) is 59.3 Å². The lowest BCUT2D eigenvalue weighted by Gasteiger charge is -2.24. The van der Waals surface area contributed by atoms with Gasteiger partial charge in [0.2, 0.25) is 5.91 Å². The fraction of sp³-hybridized carbons (Fsp3) is 0.923. The Morgan fingerprint density at radius 3 is 2.72 bits per heavy atom. The van der Waals surface area contributed by atoms with Crippen molar-refractivity contribution in [3.8, 4) is 0 Å². The Kier molecular flexibility index (Phi) is 5.56. The fourth-order valence-electron chi connectivity index (χ4n) is 2.55. The summed E-state index contributed by atoms with van der Waals surface area (Å²) in [6.45, 7) is 6.21. The van der Waals surface area contributed by atoms with Gasteiger partial charge < -0.3 is 21.3 Å². The largest absolute Gasteiger partial charge is 0.368 e. The standard InChI is InChI=1S/C13H28N4O/c1-13(15,12(14)18)6-4-7-16(2)9-11-5-8-17(3)10-11/h11H,4-10,15H2,1-3H3,(H2,14,18). The Morgan fingerprint density at radius 1 is 1.56 bits per heavy atom. The maximum absolute atomic E-state index is 11.1. The number of carbonyl (C=O) groups excluding carboxylic acids is 1. The maximum atomic E-state index is 11.1. The van der Waals surface area contributed by atoms with E-state index >= 15 is 0 Å². The molecule has 18 heavy (non-hydrogen) atoms. The Morgan fingerprint density at radius 2 is 2.22 bits per heavy atom. The first kappa shape index (κ1) is 15.4. The van der Waals surface area contributed by atoms with Gasteiger partial charge in [0.25, 0.3) is 0 Å². The third kappa shape index (κ3) is 4.92. The number of carbonyl (C=O) groups is 1. The van der Waals surface area contributed by atoms with Crippen LogP contribution in [-0.2, 0) is 4.79 Å². The molecule has 1 aliphatic rings. The van der Waals surface area contributed by atoms with Crippen LogP contribution >= 0.6 is 0 Å². The molecule has 0 radical (unpaired) electrons. The van der Waals surface area contributed by atoms with Gasteiger partial charge in [0.1, 0.15) is 0 Å². The summed E-state index contributed by atoms with van der Waals surface area (Å²) < 4.78 is 0. The molecule has 106 valence electrons. The van der Waals surface area contributed by atoms with Gasteiger partial charge in [-0.3, -0.25) is 4.79 Å². The molecule has 0 aromatic carbocycles. The summed E-state index contributed by atoms with van der Waals surface area (Å²) in [6.07, 6.45) is 2.85. The molecule has 0 aromatic heterocycles. The molecule has 0 saturated carbocycles. The summed E-state index contributed by atoms with van der Waals surface area (Å²) in [4.78, 5) is 15.8. The highest BCUT2D eigenvalue weighted by Crippen LogP contribution is 2.16. The normalized spacial score (nSPS) is 24.4. The molecule has 2 unspecified atom stereocenters. The number of nitrogens with zero attached hydrogens (tertiary/aromatic N) is 2. The molecule has 0 bridgehead atoms. The molecule has 1 rings (SSSR count). The molecule has 1 fully saturated rings. The first-order chi connectivity index (χ1) is 8.31. The third-order valence-corrected chi connectivity index (χ3v) is 3.86. The summed E-state index contributed by atoms with van der Waals surface area (Å²) in [5, 5.41) is 0. The first-order valence-electron chi connectivity index (χ1n) is 6.77. The molecule has 1 amide bonds. The lowest BCUT2D eigenvalue weighted by atomic mass is 9.96. The van der Waals surface area contributed by atoms with Crippen LogP contribution in [0.4, 0.5) is 0 Å². The van der Waals surface area contributed by atoms with Crippen LogP contribution < -0.4 is 11.5 Å². The number of hydrogen-bond acceptors (Lipinski definition) is 4. The van der Waals surface area contributed by atoms with Gasteiger partial charge in [-0.1, -0.05) is 0 Å². The second-order valence-corrected chi connectivity index (χ2v) is 6.06. The highest BCUT2D eigenvalue weighted by atomic mass is 16.1. The van der Waals surface area contributed by atoms with Crippen molar-refractivity contribution in [2.24, 2.45) is 17.4 Å². The number of rotatable bonds is 7. The molecule has 0 aromatic rings. The van der Waals surface area contributed by atoms with Gasteiger partial charge >= 0.3 is 0 Å².